The number of piperidine rings is 1. The van der Waals surface area contributed by atoms with Gasteiger partial charge in [0.25, 0.3) is 10.1 Å². The predicted octanol–water partition coefficient (Wildman–Crippen LogP) is 4.11. The van der Waals surface area contributed by atoms with Crippen LogP contribution in [0.4, 0.5) is 4.79 Å². The van der Waals surface area contributed by atoms with Crippen LogP contribution in [0.25, 0.3) is 0 Å². The van der Waals surface area contributed by atoms with E-state index >= 15 is 0 Å². The lowest BCUT2D eigenvalue weighted by molar-refractivity contribution is 0.0120. The van der Waals surface area contributed by atoms with Crippen LogP contribution in [0, 0.1) is 11.8 Å². The Morgan fingerprint density at radius 2 is 1.48 bits per heavy atom. The van der Waals surface area contributed by atoms with Gasteiger partial charge in [0.2, 0.25) is 0 Å². The van der Waals surface area contributed by atoms with E-state index in [-0.39, 0.29) is 11.7 Å². The molecule has 1 N–H and O–H groups in total. The SMILES string of the molecule is C1CC2CCC12.CC1CCCCN1C(=O)OC(C)(C)C.CS(=O)(=O)O. The highest BCUT2D eigenvalue weighted by molar-refractivity contribution is 7.85. The molecule has 0 aromatic carbocycles. The van der Waals surface area contributed by atoms with Crippen molar-refractivity contribution in [3.63, 3.8) is 0 Å². The molecule has 7 heteroatoms. The highest BCUT2D eigenvalue weighted by Crippen LogP contribution is 2.49. The average molecular weight is 378 g/mol. The molecule has 1 amide bonds. The summed E-state index contributed by atoms with van der Waals surface area (Å²) in [7, 11) is -3.67. The summed E-state index contributed by atoms with van der Waals surface area (Å²) in [6, 6.07) is 0.332. The van der Waals surface area contributed by atoms with Crippen molar-refractivity contribution < 1.29 is 22.5 Å². The Bertz CT molecular complexity index is 500. The maximum atomic E-state index is 11.7. The van der Waals surface area contributed by atoms with E-state index in [0.29, 0.717) is 12.3 Å². The van der Waals surface area contributed by atoms with E-state index in [9.17, 15) is 13.2 Å². The first-order chi connectivity index (χ1) is 11.4. The van der Waals surface area contributed by atoms with Crippen molar-refractivity contribution >= 4 is 16.2 Å². The van der Waals surface area contributed by atoms with Gasteiger partial charge in [0.1, 0.15) is 5.60 Å². The third-order valence-electron chi connectivity index (χ3n) is 4.91. The molecule has 3 fully saturated rings. The van der Waals surface area contributed by atoms with Crippen LogP contribution in [-0.4, -0.2) is 48.4 Å². The minimum atomic E-state index is -3.67. The van der Waals surface area contributed by atoms with Crippen molar-refractivity contribution in [2.45, 2.75) is 84.3 Å². The molecular formula is C18H35NO5S. The van der Waals surface area contributed by atoms with E-state index in [0.717, 1.165) is 19.4 Å². The van der Waals surface area contributed by atoms with Crippen molar-refractivity contribution in [2.75, 3.05) is 12.8 Å². The molecule has 3 rings (SSSR count). The van der Waals surface area contributed by atoms with E-state index < -0.39 is 10.1 Å². The van der Waals surface area contributed by atoms with Gasteiger partial charge in [0, 0.05) is 12.6 Å². The molecular weight excluding hydrogens is 342 g/mol. The standard InChI is InChI=1S/C11H21NO2.C6H10.CH4O3S/c1-9-7-5-6-8-12(9)10(13)14-11(2,3)4;1-2-6-4-3-5(1)6;1-5(2,3)4/h9H,5-8H2,1-4H3;5-6H,1-4H2;1H3,(H,2,3,4). The summed E-state index contributed by atoms with van der Waals surface area (Å²) in [6.07, 6.45) is 10.2. The van der Waals surface area contributed by atoms with Gasteiger partial charge in [0.05, 0.1) is 6.26 Å². The van der Waals surface area contributed by atoms with Crippen LogP contribution in [0.5, 0.6) is 0 Å². The number of carbonyl (C=O) groups is 1. The second-order valence-electron chi connectivity index (χ2n) is 8.43. The Morgan fingerprint density at radius 1 is 1.04 bits per heavy atom. The Morgan fingerprint density at radius 3 is 1.76 bits per heavy atom. The Hall–Kier alpha value is -0.820. The minimum Gasteiger partial charge on any atom is -0.444 e. The molecule has 1 unspecified atom stereocenters. The summed E-state index contributed by atoms with van der Waals surface area (Å²) >= 11 is 0. The second-order valence-corrected chi connectivity index (χ2v) is 9.89. The number of fused-ring (bicyclic) bond motifs is 1. The van der Waals surface area contributed by atoms with Gasteiger partial charge in [-0.25, -0.2) is 4.79 Å². The molecule has 0 bridgehead atoms. The fourth-order valence-electron chi connectivity index (χ4n) is 3.25. The molecule has 0 aromatic rings. The minimum absolute atomic E-state index is 0.162. The van der Waals surface area contributed by atoms with Crippen LogP contribution >= 0.6 is 0 Å². The fourth-order valence-corrected chi connectivity index (χ4v) is 3.25. The highest BCUT2D eigenvalue weighted by Gasteiger charge is 2.37. The summed E-state index contributed by atoms with van der Waals surface area (Å²) < 4.78 is 31.2. The van der Waals surface area contributed by atoms with Crippen LogP contribution in [0.1, 0.15) is 72.6 Å². The zero-order valence-electron chi connectivity index (χ0n) is 16.3. The maximum absolute atomic E-state index is 11.7. The maximum Gasteiger partial charge on any atom is 0.410 e. The monoisotopic (exact) mass is 377 g/mol. The molecule has 2 saturated carbocycles. The van der Waals surface area contributed by atoms with E-state index in [1.54, 1.807) is 25.7 Å². The Balaban J connectivity index is 0.000000230. The van der Waals surface area contributed by atoms with Crippen LogP contribution < -0.4 is 0 Å². The number of carbonyl (C=O) groups excluding carboxylic acids is 1. The van der Waals surface area contributed by atoms with Crippen LogP contribution in [-0.2, 0) is 14.9 Å². The van der Waals surface area contributed by atoms with Gasteiger partial charge in [-0.05, 0) is 84.5 Å². The van der Waals surface area contributed by atoms with Crippen molar-refractivity contribution in [2.24, 2.45) is 11.8 Å². The molecule has 25 heavy (non-hydrogen) atoms. The van der Waals surface area contributed by atoms with Crippen LogP contribution in [0.15, 0.2) is 0 Å². The summed E-state index contributed by atoms with van der Waals surface area (Å²) in [5, 5.41) is 0. The number of amides is 1. The van der Waals surface area contributed by atoms with Crippen molar-refractivity contribution in [3.8, 4) is 0 Å². The number of likely N-dealkylation sites (tertiary alicyclic amines) is 1. The summed E-state index contributed by atoms with van der Waals surface area (Å²) in [5.74, 6) is 2.43. The molecule has 0 spiro atoms. The summed E-state index contributed by atoms with van der Waals surface area (Å²) in [4.78, 5) is 13.6. The van der Waals surface area contributed by atoms with Gasteiger partial charge in [-0.1, -0.05) is 0 Å². The number of ether oxygens (including phenoxy) is 1. The highest BCUT2D eigenvalue weighted by atomic mass is 32.2. The van der Waals surface area contributed by atoms with E-state index in [4.69, 9.17) is 9.29 Å². The topological polar surface area (TPSA) is 83.9 Å². The first-order valence-electron chi connectivity index (χ1n) is 9.29. The van der Waals surface area contributed by atoms with Gasteiger partial charge in [-0.2, -0.15) is 8.42 Å². The molecule has 1 saturated heterocycles. The van der Waals surface area contributed by atoms with Crippen molar-refractivity contribution in [1.82, 2.24) is 4.90 Å². The first kappa shape index (κ1) is 22.2. The molecule has 148 valence electrons. The van der Waals surface area contributed by atoms with Crippen LogP contribution in [0.3, 0.4) is 0 Å². The molecule has 1 atom stereocenters. The van der Waals surface area contributed by atoms with Gasteiger partial charge in [-0.15, -0.1) is 0 Å². The molecule has 0 aromatic heterocycles. The molecule has 2 aliphatic carbocycles. The lowest BCUT2D eigenvalue weighted by atomic mass is 9.60. The Labute approximate surface area is 153 Å². The predicted molar refractivity (Wildman–Crippen MR) is 99.2 cm³/mol. The average Bonchev–Trinajstić information content (AvgIpc) is 2.40. The number of nitrogens with zero attached hydrogens (tertiary/aromatic N) is 1. The largest absolute Gasteiger partial charge is 0.444 e. The third-order valence-corrected chi connectivity index (χ3v) is 4.91. The lowest BCUT2D eigenvalue weighted by Gasteiger charge is -2.46. The molecule has 3 aliphatic rings. The molecule has 1 heterocycles. The fraction of sp³-hybridized carbons (Fsp3) is 0.944. The molecule has 6 nitrogen and oxygen atoms in total. The number of hydrogen-bond donors (Lipinski definition) is 1. The van der Waals surface area contributed by atoms with E-state index in [2.05, 4.69) is 6.92 Å². The first-order valence-corrected chi connectivity index (χ1v) is 11.1. The molecule has 1 aliphatic heterocycles. The second kappa shape index (κ2) is 9.21. The van der Waals surface area contributed by atoms with Gasteiger partial charge < -0.3 is 9.64 Å². The van der Waals surface area contributed by atoms with Gasteiger partial charge in [-0.3, -0.25) is 4.55 Å². The van der Waals surface area contributed by atoms with E-state index in [1.807, 2.05) is 25.7 Å². The summed E-state index contributed by atoms with van der Waals surface area (Å²) in [5.41, 5.74) is -0.381. The Kier molecular flexibility index (Phi) is 8.19. The van der Waals surface area contributed by atoms with Crippen molar-refractivity contribution in [1.29, 1.82) is 0 Å². The van der Waals surface area contributed by atoms with Crippen molar-refractivity contribution in [3.05, 3.63) is 0 Å². The molecule has 0 radical (unpaired) electrons. The normalized spacial score (nSPS) is 27.9. The summed E-state index contributed by atoms with van der Waals surface area (Å²) in [6.45, 7) is 8.64. The number of hydrogen-bond acceptors (Lipinski definition) is 4. The zero-order chi connectivity index (χ0) is 19.3. The third kappa shape index (κ3) is 9.45. The zero-order valence-corrected chi connectivity index (χ0v) is 17.1. The number of rotatable bonds is 0. The van der Waals surface area contributed by atoms with Gasteiger partial charge in [0.15, 0.2) is 0 Å². The quantitative estimate of drug-likeness (QED) is 0.642. The lowest BCUT2D eigenvalue weighted by Crippen LogP contribution is -2.44. The van der Waals surface area contributed by atoms with E-state index in [1.165, 1.54) is 18.3 Å². The smallest absolute Gasteiger partial charge is 0.410 e. The van der Waals surface area contributed by atoms with Crippen LogP contribution in [0.2, 0.25) is 0 Å². The van der Waals surface area contributed by atoms with Gasteiger partial charge >= 0.3 is 6.09 Å².